The maximum absolute atomic E-state index is 13.6. The second kappa shape index (κ2) is 20.2. The van der Waals surface area contributed by atoms with Crippen molar-refractivity contribution in [1.29, 1.82) is 0 Å². The summed E-state index contributed by atoms with van der Waals surface area (Å²) in [6.45, 7) is 17.7. The lowest BCUT2D eigenvalue weighted by atomic mass is 9.95. The molecule has 4 aromatic heterocycles. The van der Waals surface area contributed by atoms with E-state index in [9.17, 15) is 9.59 Å². The van der Waals surface area contributed by atoms with Gasteiger partial charge in [0.05, 0.1) is 45.2 Å². The van der Waals surface area contributed by atoms with Gasteiger partial charge in [-0.2, -0.15) is 23.5 Å². The SMILES string of the molecule is CCC1=C(C)c2nc1cc1[nH]c(c(C)c1CC)c1c3nc(cc4[nH]c(c(C)c4CC)c2-c2cccc(c2)NC(=O)CCSCc2cccc(n2)CSCCC(=O)Nc2cccc-1c2)C(CC)=C3C. The number of hydrogen-bond acceptors (Lipinski definition) is 7. The Kier molecular flexibility index (Phi) is 13.9. The minimum Gasteiger partial charge on any atom is -0.354 e. The van der Waals surface area contributed by atoms with E-state index in [4.69, 9.17) is 15.0 Å². The molecule has 0 saturated carbocycles. The first-order valence-corrected chi connectivity index (χ1v) is 26.4. The van der Waals surface area contributed by atoms with E-state index in [2.05, 4.69) is 112 Å². The molecule has 0 radical (unpaired) electrons. The second-order valence-electron chi connectivity index (χ2n) is 17.9. The molecule has 11 heteroatoms. The summed E-state index contributed by atoms with van der Waals surface area (Å²) in [4.78, 5) is 51.1. The highest BCUT2D eigenvalue weighted by molar-refractivity contribution is 7.98. The summed E-state index contributed by atoms with van der Waals surface area (Å²) in [6, 6.07) is 27.1. The van der Waals surface area contributed by atoms with Gasteiger partial charge in [-0.1, -0.05) is 58.0 Å². The van der Waals surface area contributed by atoms with E-state index in [0.29, 0.717) is 35.9 Å². The minimum atomic E-state index is -0.0306. The van der Waals surface area contributed by atoms with Crippen LogP contribution in [0.5, 0.6) is 0 Å². The van der Waals surface area contributed by atoms with Crippen molar-refractivity contribution in [3.63, 3.8) is 0 Å². The van der Waals surface area contributed by atoms with E-state index in [1.165, 1.54) is 22.3 Å². The van der Waals surface area contributed by atoms with Gasteiger partial charge in [-0.05, 0) is 158 Å². The highest BCUT2D eigenvalue weighted by atomic mass is 32.2. The van der Waals surface area contributed by atoms with Gasteiger partial charge in [-0.3, -0.25) is 14.6 Å². The number of carbonyl (C=O) groups is 2. The Hall–Kier alpha value is -6.17. The Morgan fingerprint density at radius 1 is 0.529 bits per heavy atom. The van der Waals surface area contributed by atoms with E-state index in [1.54, 1.807) is 23.5 Å². The topological polar surface area (TPSA) is 128 Å². The summed E-state index contributed by atoms with van der Waals surface area (Å²) in [5.41, 5.74) is 24.6. The van der Waals surface area contributed by atoms with Crippen molar-refractivity contribution >= 4 is 91.1 Å². The summed E-state index contributed by atoms with van der Waals surface area (Å²) >= 11 is 3.41. The first-order chi connectivity index (χ1) is 33.0. The van der Waals surface area contributed by atoms with E-state index >= 15 is 0 Å². The molecule has 0 spiro atoms. The van der Waals surface area contributed by atoms with Gasteiger partial charge in [0.25, 0.3) is 0 Å². The molecular formula is C57H61N7O2S2. The molecule has 10 rings (SSSR count). The summed E-state index contributed by atoms with van der Waals surface area (Å²) < 4.78 is 0. The maximum atomic E-state index is 13.6. The molecule has 6 aromatic rings. The quantitative estimate of drug-likeness (QED) is 0.139. The number of amides is 2. The fraction of sp³-hybridized carbons (Fsp3) is 0.316. The van der Waals surface area contributed by atoms with E-state index in [1.807, 2.05) is 42.5 Å². The third-order valence-electron chi connectivity index (χ3n) is 13.7. The zero-order chi connectivity index (χ0) is 47.6. The fourth-order valence-electron chi connectivity index (χ4n) is 10.2. The van der Waals surface area contributed by atoms with Crippen LogP contribution in [0.2, 0.25) is 0 Å². The third-order valence-corrected chi connectivity index (χ3v) is 15.6. The molecule has 4 aliphatic rings. The molecule has 4 N–H and O–H groups in total. The van der Waals surface area contributed by atoms with E-state index in [0.717, 1.165) is 138 Å². The Balaban J connectivity index is 1.35. The molecule has 0 aliphatic carbocycles. The van der Waals surface area contributed by atoms with Crippen LogP contribution in [-0.4, -0.2) is 48.2 Å². The van der Waals surface area contributed by atoms with Gasteiger partial charge in [0.15, 0.2) is 0 Å². The maximum Gasteiger partial charge on any atom is 0.225 e. The van der Waals surface area contributed by atoms with Crippen molar-refractivity contribution in [3.05, 3.63) is 135 Å². The standard InChI is InChI=1S/C57H61N7O2S2/c1-9-42-32(5)54-52-36-16-13-18-38(26-36)59-50(65)22-24-67-30-40-20-15-21-41(58-40)31-68-25-23-51(66)60-39-19-14-17-37(27-39)53(56-33(6)43(10-2)47(62-56)28-46(42)61-54)57-35(8)45(12-4)49(64-57)29-48-44(11-3)34(7)55(52)63-48/h13-21,26-29,61,64H,9-12,22-25,30-31H2,1-8H3,(H,59,65)(H,60,66). The number of fused-ring (bicyclic) bond motifs is 10. The molecular weight excluding hydrogens is 879 g/mol. The number of allylic oxidation sites excluding steroid dienone is 4. The average molecular weight is 940 g/mol. The normalized spacial score (nSPS) is 15.0. The first-order valence-electron chi connectivity index (χ1n) is 24.1. The summed E-state index contributed by atoms with van der Waals surface area (Å²) in [5.74, 6) is 2.70. The number of nitrogens with one attached hydrogen (secondary N) is 4. The highest BCUT2D eigenvalue weighted by Gasteiger charge is 2.26. The highest BCUT2D eigenvalue weighted by Crippen LogP contribution is 2.44. The number of benzene rings is 2. The van der Waals surface area contributed by atoms with Crippen LogP contribution in [-0.2, 0) is 33.9 Å². The second-order valence-corrected chi connectivity index (χ2v) is 20.1. The number of hydrogen-bond donors (Lipinski definition) is 4. The van der Waals surface area contributed by atoms with Crippen molar-refractivity contribution in [2.24, 2.45) is 0 Å². The van der Waals surface area contributed by atoms with Crippen LogP contribution in [0.3, 0.4) is 0 Å². The van der Waals surface area contributed by atoms with Gasteiger partial charge in [0.2, 0.25) is 11.8 Å². The van der Waals surface area contributed by atoms with Crippen LogP contribution in [0, 0.1) is 13.8 Å². The number of thioether (sulfide) groups is 2. The third kappa shape index (κ3) is 9.22. The smallest absolute Gasteiger partial charge is 0.225 e. The summed E-state index contributed by atoms with van der Waals surface area (Å²) in [7, 11) is 0. The van der Waals surface area contributed by atoms with E-state index < -0.39 is 0 Å². The molecule has 0 fully saturated rings. The number of aromatic amines is 2. The number of nitrogens with zero attached hydrogens (tertiary/aromatic N) is 3. The number of H-pyrrole nitrogens is 2. The molecule has 68 heavy (non-hydrogen) atoms. The molecule has 2 aromatic carbocycles. The molecule has 348 valence electrons. The lowest BCUT2D eigenvalue weighted by Crippen LogP contribution is -2.12. The molecule has 0 saturated heterocycles. The molecule has 9 nitrogen and oxygen atoms in total. The molecule has 16 bridgehead atoms. The van der Waals surface area contributed by atoms with Gasteiger partial charge < -0.3 is 20.6 Å². The van der Waals surface area contributed by atoms with Crippen molar-refractivity contribution in [2.45, 2.75) is 105 Å². The summed E-state index contributed by atoms with van der Waals surface area (Å²) in [6.07, 6.45) is 3.99. The van der Waals surface area contributed by atoms with Gasteiger partial charge in [-0.25, -0.2) is 9.97 Å². The van der Waals surface area contributed by atoms with Crippen LogP contribution in [0.4, 0.5) is 11.4 Å². The molecule has 8 heterocycles. The number of aryl methyl sites for hydroxylation is 4. The number of anilines is 2. The van der Waals surface area contributed by atoms with Crippen LogP contribution in [0.1, 0.15) is 124 Å². The minimum absolute atomic E-state index is 0.0306. The van der Waals surface area contributed by atoms with Gasteiger partial charge >= 0.3 is 0 Å². The monoisotopic (exact) mass is 939 g/mol. The number of carbonyl (C=O) groups excluding carboxylic acids is 2. The van der Waals surface area contributed by atoms with Crippen LogP contribution >= 0.6 is 23.5 Å². The van der Waals surface area contributed by atoms with E-state index in [-0.39, 0.29) is 11.8 Å². The fourth-order valence-corrected chi connectivity index (χ4v) is 11.9. The van der Waals surface area contributed by atoms with Crippen LogP contribution in [0.15, 0.2) is 78.9 Å². The van der Waals surface area contributed by atoms with Gasteiger partial charge in [-0.15, -0.1) is 0 Å². The Morgan fingerprint density at radius 3 is 1.37 bits per heavy atom. The predicted octanol–water partition coefficient (Wildman–Crippen LogP) is 14.3. The number of aromatic nitrogens is 5. The Morgan fingerprint density at radius 2 is 0.956 bits per heavy atom. The van der Waals surface area contributed by atoms with Gasteiger partial charge in [0.1, 0.15) is 0 Å². The zero-order valence-corrected chi connectivity index (χ0v) is 42.2. The molecule has 0 atom stereocenters. The van der Waals surface area contributed by atoms with Crippen LogP contribution < -0.4 is 10.6 Å². The van der Waals surface area contributed by atoms with Crippen molar-refractivity contribution in [3.8, 4) is 22.3 Å². The lowest BCUT2D eigenvalue weighted by Gasteiger charge is -2.11. The number of rotatable bonds is 4. The van der Waals surface area contributed by atoms with Crippen LogP contribution in [0.25, 0.3) is 66.6 Å². The Labute approximate surface area is 408 Å². The van der Waals surface area contributed by atoms with Crippen molar-refractivity contribution < 1.29 is 9.59 Å². The van der Waals surface area contributed by atoms with Crippen molar-refractivity contribution in [2.75, 3.05) is 22.1 Å². The average Bonchev–Trinajstić information content (AvgIpc) is 4.02. The largest absolute Gasteiger partial charge is 0.354 e. The molecule has 4 aliphatic heterocycles. The predicted molar refractivity (Wildman–Crippen MR) is 289 cm³/mol. The Bertz CT molecular complexity index is 3020. The lowest BCUT2D eigenvalue weighted by molar-refractivity contribution is -0.116. The van der Waals surface area contributed by atoms with Crippen molar-refractivity contribution in [1.82, 2.24) is 24.9 Å². The summed E-state index contributed by atoms with van der Waals surface area (Å²) in [5, 5.41) is 6.45. The van der Waals surface area contributed by atoms with Gasteiger partial charge in [0, 0.05) is 69.4 Å². The first kappa shape index (κ1) is 46.9. The number of pyridine rings is 1. The zero-order valence-electron chi connectivity index (χ0n) is 40.6. The molecule has 2 amide bonds. The molecule has 0 unspecified atom stereocenters.